The van der Waals surface area contributed by atoms with Crippen molar-refractivity contribution < 1.29 is 17.2 Å². The summed E-state index contributed by atoms with van der Waals surface area (Å²) in [5.41, 5.74) is 3.55. The number of aryl methyl sites for hydroxylation is 4. The minimum Gasteiger partial charge on any atom is -0.263 e. The largest absolute Gasteiger partial charge is 0.264 e. The summed E-state index contributed by atoms with van der Waals surface area (Å²) < 4.78 is 56.7. The summed E-state index contributed by atoms with van der Waals surface area (Å²) in [4.78, 5) is 0.213. The van der Waals surface area contributed by atoms with Crippen molar-refractivity contribution in [2.24, 2.45) is 0 Å². The van der Waals surface area contributed by atoms with Gasteiger partial charge in [-0.05, 0) is 86.6 Å². The quantitative estimate of drug-likeness (QED) is 0.429. The number of nitrogens with zero attached hydrogens (tertiary/aromatic N) is 1. The first-order valence-corrected chi connectivity index (χ1v) is 12.3. The minimum absolute atomic E-state index is 0.213. The lowest BCUT2D eigenvalue weighted by Gasteiger charge is -2.38. The lowest BCUT2D eigenvalue weighted by molar-refractivity contribution is 0.521. The maximum atomic E-state index is 14.2. The van der Waals surface area contributed by atoms with E-state index in [4.69, 9.17) is 11.6 Å². The van der Waals surface area contributed by atoms with E-state index in [0.717, 1.165) is 16.7 Å². The molecular formula is C25H24ClF2NO2S. The van der Waals surface area contributed by atoms with Crippen LogP contribution in [0.25, 0.3) is 0 Å². The molecule has 3 aromatic carbocycles. The molecule has 1 unspecified atom stereocenters. The second-order valence-electron chi connectivity index (χ2n) is 8.31. The molecule has 0 aliphatic carbocycles. The van der Waals surface area contributed by atoms with Crippen molar-refractivity contribution in [3.63, 3.8) is 0 Å². The van der Waals surface area contributed by atoms with Crippen LogP contribution >= 0.6 is 11.6 Å². The minimum atomic E-state index is -3.94. The molecule has 0 spiro atoms. The normalized spacial score (nSPS) is 16.2. The zero-order valence-corrected chi connectivity index (χ0v) is 19.5. The number of hydrogen-bond donors (Lipinski definition) is 0. The van der Waals surface area contributed by atoms with Gasteiger partial charge in [-0.15, -0.1) is 0 Å². The third-order valence-corrected chi connectivity index (χ3v) is 8.37. The van der Waals surface area contributed by atoms with Crippen LogP contribution < -0.4 is 4.31 Å². The van der Waals surface area contributed by atoms with Crippen molar-refractivity contribution in [2.75, 3.05) is 4.31 Å². The van der Waals surface area contributed by atoms with Crippen LogP contribution in [-0.2, 0) is 22.9 Å². The van der Waals surface area contributed by atoms with Crippen LogP contribution in [0.4, 0.5) is 14.5 Å². The Morgan fingerprint density at radius 1 is 1.00 bits per heavy atom. The number of rotatable bonds is 5. The van der Waals surface area contributed by atoms with Crippen LogP contribution in [0, 0.1) is 25.5 Å². The van der Waals surface area contributed by atoms with Crippen LogP contribution in [-0.4, -0.2) is 14.5 Å². The Morgan fingerprint density at radius 3 is 2.44 bits per heavy atom. The molecule has 1 atom stereocenters. The highest BCUT2D eigenvalue weighted by atomic mass is 35.5. The van der Waals surface area contributed by atoms with Gasteiger partial charge in [0.05, 0.1) is 10.6 Å². The number of halogens is 3. The van der Waals surface area contributed by atoms with Gasteiger partial charge in [0.1, 0.15) is 11.6 Å². The van der Waals surface area contributed by atoms with Crippen LogP contribution in [0.15, 0.2) is 59.5 Å². The predicted molar refractivity (Wildman–Crippen MR) is 124 cm³/mol. The van der Waals surface area contributed by atoms with E-state index < -0.39 is 21.7 Å². The Bertz CT molecular complexity index is 1280. The predicted octanol–water partition coefficient (Wildman–Crippen LogP) is 6.38. The van der Waals surface area contributed by atoms with Crippen LogP contribution in [0.1, 0.15) is 35.1 Å². The lowest BCUT2D eigenvalue weighted by Crippen LogP contribution is -2.44. The van der Waals surface area contributed by atoms with E-state index in [-0.39, 0.29) is 10.9 Å². The molecule has 0 saturated heterocycles. The first kappa shape index (κ1) is 22.7. The van der Waals surface area contributed by atoms with Crippen molar-refractivity contribution in [2.45, 2.75) is 50.5 Å². The van der Waals surface area contributed by atoms with Gasteiger partial charge in [-0.1, -0.05) is 41.4 Å². The summed E-state index contributed by atoms with van der Waals surface area (Å²) in [5, 5.41) is 0.316. The van der Waals surface area contributed by atoms with E-state index in [1.807, 2.05) is 13.0 Å². The summed E-state index contributed by atoms with van der Waals surface area (Å²) in [6.07, 6.45) is 2.21. The van der Waals surface area contributed by atoms with Gasteiger partial charge in [-0.2, -0.15) is 0 Å². The van der Waals surface area contributed by atoms with Gasteiger partial charge < -0.3 is 0 Å². The number of anilines is 1. The molecular weight excluding hydrogens is 452 g/mol. The average Bonchev–Trinajstić information content (AvgIpc) is 2.72. The molecule has 1 aliphatic rings. The Kier molecular flexibility index (Phi) is 6.28. The van der Waals surface area contributed by atoms with E-state index in [9.17, 15) is 17.2 Å². The SMILES string of the molecule is Cc1ccc(S(=O)(=O)N2c3cc(F)ccc3CCC2CCc2ccc(F)cc2Cl)c(C)c1. The van der Waals surface area contributed by atoms with Gasteiger partial charge in [0.2, 0.25) is 0 Å². The second kappa shape index (κ2) is 8.83. The average molecular weight is 476 g/mol. The molecule has 0 amide bonds. The van der Waals surface area contributed by atoms with Crippen molar-refractivity contribution in [1.29, 1.82) is 0 Å². The fourth-order valence-corrected chi connectivity index (χ4v) is 6.63. The van der Waals surface area contributed by atoms with Crippen LogP contribution in [0.5, 0.6) is 0 Å². The fourth-order valence-electron chi connectivity index (χ4n) is 4.42. The molecule has 4 rings (SSSR count). The molecule has 0 N–H and O–H groups in total. The smallest absolute Gasteiger partial charge is 0.263 e. The summed E-state index contributed by atoms with van der Waals surface area (Å²) in [5.74, 6) is -0.897. The number of fused-ring (bicyclic) bond motifs is 1. The Morgan fingerprint density at radius 2 is 1.72 bits per heavy atom. The maximum Gasteiger partial charge on any atom is 0.264 e. The molecule has 0 aromatic heterocycles. The van der Waals surface area contributed by atoms with Gasteiger partial charge in [0, 0.05) is 11.1 Å². The Labute approximate surface area is 192 Å². The molecule has 32 heavy (non-hydrogen) atoms. The van der Waals surface area contributed by atoms with Crippen molar-refractivity contribution in [1.82, 2.24) is 0 Å². The van der Waals surface area contributed by atoms with Crippen molar-refractivity contribution in [3.8, 4) is 0 Å². The van der Waals surface area contributed by atoms with E-state index >= 15 is 0 Å². The lowest BCUT2D eigenvalue weighted by atomic mass is 9.94. The molecule has 3 aromatic rings. The van der Waals surface area contributed by atoms with Crippen LogP contribution in [0.2, 0.25) is 5.02 Å². The molecule has 1 aliphatic heterocycles. The zero-order chi connectivity index (χ0) is 23.0. The van der Waals surface area contributed by atoms with Gasteiger partial charge >= 0.3 is 0 Å². The molecule has 1 heterocycles. The van der Waals surface area contributed by atoms with E-state index in [2.05, 4.69) is 0 Å². The third kappa shape index (κ3) is 4.39. The van der Waals surface area contributed by atoms with Gasteiger partial charge in [0.25, 0.3) is 10.0 Å². The summed E-state index contributed by atoms with van der Waals surface area (Å²) >= 11 is 6.19. The van der Waals surface area contributed by atoms with Crippen LogP contribution in [0.3, 0.4) is 0 Å². The molecule has 0 saturated carbocycles. The monoisotopic (exact) mass is 475 g/mol. The van der Waals surface area contributed by atoms with E-state index in [1.165, 1.54) is 28.6 Å². The highest BCUT2D eigenvalue weighted by Crippen LogP contribution is 2.38. The van der Waals surface area contributed by atoms with E-state index in [0.29, 0.717) is 42.0 Å². The maximum absolute atomic E-state index is 14.2. The summed E-state index contributed by atoms with van der Waals surface area (Å²) in [6.45, 7) is 3.67. The standard InChI is InChI=1S/C25H24ClF2NO2S/c1-16-3-12-25(17(2)13-16)32(30,31)29-22(10-6-18-4-8-20(27)14-23(18)26)11-7-19-5-9-21(28)15-24(19)29/h3-5,8-9,12-15,22H,6-7,10-11H2,1-2H3. The first-order chi connectivity index (χ1) is 15.2. The van der Waals surface area contributed by atoms with Gasteiger partial charge in [-0.3, -0.25) is 4.31 Å². The topological polar surface area (TPSA) is 37.4 Å². The van der Waals surface area contributed by atoms with Gasteiger partial charge in [-0.25, -0.2) is 17.2 Å². The highest BCUT2D eigenvalue weighted by Gasteiger charge is 2.37. The second-order valence-corrected chi connectivity index (χ2v) is 10.5. The molecule has 0 fully saturated rings. The number of benzene rings is 3. The number of hydrogen-bond acceptors (Lipinski definition) is 2. The molecule has 0 radical (unpaired) electrons. The highest BCUT2D eigenvalue weighted by molar-refractivity contribution is 7.93. The van der Waals surface area contributed by atoms with Crippen molar-refractivity contribution >= 4 is 27.3 Å². The zero-order valence-electron chi connectivity index (χ0n) is 17.9. The molecule has 3 nitrogen and oxygen atoms in total. The third-order valence-electron chi connectivity index (χ3n) is 5.99. The Balaban J connectivity index is 1.75. The molecule has 168 valence electrons. The fraction of sp³-hybridized carbons (Fsp3) is 0.280. The summed E-state index contributed by atoms with van der Waals surface area (Å²) in [7, 11) is -3.94. The molecule has 0 bridgehead atoms. The first-order valence-electron chi connectivity index (χ1n) is 10.5. The van der Waals surface area contributed by atoms with Crippen molar-refractivity contribution in [3.05, 3.63) is 93.5 Å². The number of sulfonamides is 1. The van der Waals surface area contributed by atoms with E-state index in [1.54, 1.807) is 31.2 Å². The summed E-state index contributed by atoms with van der Waals surface area (Å²) in [6, 6.07) is 13.4. The molecule has 7 heteroatoms. The Hall–Kier alpha value is -2.44. The van der Waals surface area contributed by atoms with Gasteiger partial charge in [0.15, 0.2) is 0 Å².